The molecule has 142 valence electrons. The minimum atomic E-state index is -1.36. The molecule has 0 bridgehead atoms. The largest absolute Gasteiger partial charge is 0.462 e. The lowest BCUT2D eigenvalue weighted by atomic mass is 10.0. The van der Waals surface area contributed by atoms with E-state index in [9.17, 15) is 18.8 Å². The van der Waals surface area contributed by atoms with Crippen LogP contribution in [0, 0.1) is 0 Å². The summed E-state index contributed by atoms with van der Waals surface area (Å²) >= 11 is 0. The van der Waals surface area contributed by atoms with Gasteiger partial charge in [-0.2, -0.15) is 0 Å². The number of amides is 1. The van der Waals surface area contributed by atoms with Gasteiger partial charge in [-0.1, -0.05) is 0 Å². The van der Waals surface area contributed by atoms with Gasteiger partial charge in [-0.05, 0) is 27.7 Å². The summed E-state index contributed by atoms with van der Waals surface area (Å²) in [5, 5.41) is 0. The van der Waals surface area contributed by atoms with E-state index in [4.69, 9.17) is 9.47 Å². The van der Waals surface area contributed by atoms with Crippen molar-refractivity contribution in [3.8, 4) is 0 Å². The van der Waals surface area contributed by atoms with Gasteiger partial charge in [-0.15, -0.1) is 0 Å². The number of carbonyl (C=O) groups excluding carboxylic acids is 3. The third-order valence-electron chi connectivity index (χ3n) is 3.33. The first-order chi connectivity index (χ1) is 11.5. The van der Waals surface area contributed by atoms with Crippen LogP contribution >= 0.6 is 0 Å². The number of esters is 1. The molecule has 7 nitrogen and oxygen atoms in total. The van der Waals surface area contributed by atoms with E-state index in [1.165, 1.54) is 11.1 Å². The van der Waals surface area contributed by atoms with E-state index < -0.39 is 35.7 Å². The smallest absolute Gasteiger partial charge is 0.411 e. The first-order valence-electron chi connectivity index (χ1n) is 8.19. The van der Waals surface area contributed by atoms with Crippen LogP contribution in [0.15, 0.2) is 11.8 Å². The number of alkyl halides is 1. The van der Waals surface area contributed by atoms with Crippen molar-refractivity contribution >= 4 is 17.8 Å². The fourth-order valence-corrected chi connectivity index (χ4v) is 2.42. The average molecular weight is 358 g/mol. The number of nitrogens with zero attached hydrogens (tertiary/aromatic N) is 2. The van der Waals surface area contributed by atoms with Gasteiger partial charge in [-0.25, -0.2) is 14.0 Å². The Bertz CT molecular complexity index is 554. The van der Waals surface area contributed by atoms with Crippen LogP contribution in [-0.4, -0.2) is 72.7 Å². The maximum absolute atomic E-state index is 13.9. The van der Waals surface area contributed by atoms with E-state index >= 15 is 0 Å². The predicted octanol–water partition coefficient (Wildman–Crippen LogP) is 1.91. The molecule has 0 aromatic carbocycles. The van der Waals surface area contributed by atoms with Crippen LogP contribution in [-0.2, 0) is 19.1 Å². The minimum Gasteiger partial charge on any atom is -0.462 e. The summed E-state index contributed by atoms with van der Waals surface area (Å²) in [6.07, 6.45) is -0.996. The SMILES string of the molecule is CCOC(=O)/C(=C\N(C)C)C(=O)[C@@H]1C[C@H](F)CN1C(=O)OC(C)(C)C. The Balaban J connectivity index is 3.09. The highest BCUT2D eigenvalue weighted by atomic mass is 19.1. The van der Waals surface area contributed by atoms with Crippen molar-refractivity contribution in [1.82, 2.24) is 9.80 Å². The van der Waals surface area contributed by atoms with Crippen molar-refractivity contribution in [3.05, 3.63) is 11.8 Å². The van der Waals surface area contributed by atoms with Crippen molar-refractivity contribution in [2.45, 2.75) is 51.9 Å². The number of hydrogen-bond donors (Lipinski definition) is 0. The van der Waals surface area contributed by atoms with Gasteiger partial charge in [0.1, 0.15) is 23.4 Å². The fraction of sp³-hybridized carbons (Fsp3) is 0.706. The second-order valence-corrected chi connectivity index (χ2v) is 7.07. The monoisotopic (exact) mass is 358 g/mol. The Morgan fingerprint density at radius 1 is 1.28 bits per heavy atom. The quantitative estimate of drug-likeness (QED) is 0.323. The van der Waals surface area contributed by atoms with Gasteiger partial charge in [0.15, 0.2) is 5.78 Å². The highest BCUT2D eigenvalue weighted by molar-refractivity contribution is 6.19. The maximum Gasteiger partial charge on any atom is 0.411 e. The predicted molar refractivity (Wildman–Crippen MR) is 89.7 cm³/mol. The zero-order valence-corrected chi connectivity index (χ0v) is 15.7. The Hall–Kier alpha value is -2.12. The zero-order valence-electron chi connectivity index (χ0n) is 15.7. The van der Waals surface area contributed by atoms with Crippen molar-refractivity contribution < 1.29 is 28.2 Å². The van der Waals surface area contributed by atoms with Crippen LogP contribution in [0.25, 0.3) is 0 Å². The normalized spacial score (nSPS) is 21.1. The first kappa shape index (κ1) is 20.9. The molecule has 25 heavy (non-hydrogen) atoms. The number of carbonyl (C=O) groups is 3. The van der Waals surface area contributed by atoms with E-state index in [1.807, 2.05) is 0 Å². The topological polar surface area (TPSA) is 76.2 Å². The summed E-state index contributed by atoms with van der Waals surface area (Å²) in [7, 11) is 3.29. The van der Waals surface area contributed by atoms with E-state index in [0.29, 0.717) is 0 Å². The molecule has 0 N–H and O–H groups in total. The summed E-state index contributed by atoms with van der Waals surface area (Å²) in [6.45, 7) is 6.52. The van der Waals surface area contributed by atoms with Crippen LogP contribution in [0.5, 0.6) is 0 Å². The molecule has 0 spiro atoms. The van der Waals surface area contributed by atoms with Crippen LogP contribution < -0.4 is 0 Å². The molecule has 0 aliphatic carbocycles. The second kappa shape index (κ2) is 8.31. The van der Waals surface area contributed by atoms with Crippen LogP contribution in [0.3, 0.4) is 0 Å². The molecule has 0 aromatic heterocycles. The molecule has 1 fully saturated rings. The number of halogens is 1. The Morgan fingerprint density at radius 2 is 1.88 bits per heavy atom. The standard InChI is InChI=1S/C17H27FN2O5/c1-7-24-15(22)12(10-19(5)6)14(21)13-8-11(18)9-20(13)16(23)25-17(2,3)4/h10-11,13H,7-9H2,1-6H3/b12-10-/t11-,13-/m0/s1. The molecule has 1 aliphatic heterocycles. The summed E-state index contributed by atoms with van der Waals surface area (Å²) in [5.74, 6) is -1.45. The maximum atomic E-state index is 13.9. The minimum absolute atomic E-state index is 0.100. The summed E-state index contributed by atoms with van der Waals surface area (Å²) in [4.78, 5) is 39.8. The molecule has 1 heterocycles. The van der Waals surface area contributed by atoms with Gasteiger partial charge in [0.05, 0.1) is 13.2 Å². The van der Waals surface area contributed by atoms with E-state index in [0.717, 1.165) is 4.90 Å². The average Bonchev–Trinajstić information content (AvgIpc) is 2.84. The molecule has 0 unspecified atom stereocenters. The number of Topliss-reactive ketones (excluding diaryl/α,β-unsaturated/α-hetero) is 1. The lowest BCUT2D eigenvalue weighted by Gasteiger charge is -2.28. The fourth-order valence-electron chi connectivity index (χ4n) is 2.42. The number of hydrogen-bond acceptors (Lipinski definition) is 6. The number of ether oxygens (including phenoxy) is 2. The molecular formula is C17H27FN2O5. The summed E-state index contributed by atoms with van der Waals surface area (Å²) in [5.41, 5.74) is -0.998. The van der Waals surface area contributed by atoms with Gasteiger partial charge in [0.25, 0.3) is 0 Å². The summed E-state index contributed by atoms with van der Waals surface area (Å²) < 4.78 is 24.1. The molecule has 0 aromatic rings. The van der Waals surface area contributed by atoms with Gasteiger partial charge in [0.2, 0.25) is 0 Å². The Kier molecular flexibility index (Phi) is 6.96. The molecule has 2 atom stereocenters. The lowest BCUT2D eigenvalue weighted by molar-refractivity contribution is -0.140. The highest BCUT2D eigenvalue weighted by Gasteiger charge is 2.43. The molecular weight excluding hydrogens is 331 g/mol. The number of likely N-dealkylation sites (tertiary alicyclic amines) is 1. The number of ketones is 1. The van der Waals surface area contributed by atoms with Crippen LogP contribution in [0.2, 0.25) is 0 Å². The van der Waals surface area contributed by atoms with Crippen molar-refractivity contribution in [2.75, 3.05) is 27.2 Å². The molecule has 8 heteroatoms. The first-order valence-corrected chi connectivity index (χ1v) is 8.19. The van der Waals surface area contributed by atoms with Crippen molar-refractivity contribution in [1.29, 1.82) is 0 Å². The molecule has 0 saturated carbocycles. The Morgan fingerprint density at radius 3 is 2.36 bits per heavy atom. The van der Waals surface area contributed by atoms with Gasteiger partial charge in [0, 0.05) is 26.7 Å². The van der Waals surface area contributed by atoms with E-state index in [2.05, 4.69) is 0 Å². The number of rotatable bonds is 5. The zero-order chi connectivity index (χ0) is 19.4. The summed E-state index contributed by atoms with van der Waals surface area (Å²) in [6, 6.07) is -1.10. The van der Waals surface area contributed by atoms with Crippen molar-refractivity contribution in [2.24, 2.45) is 0 Å². The molecule has 1 rings (SSSR count). The van der Waals surface area contributed by atoms with Crippen molar-refractivity contribution in [3.63, 3.8) is 0 Å². The van der Waals surface area contributed by atoms with E-state index in [-0.39, 0.29) is 25.1 Å². The third kappa shape index (κ3) is 6.03. The van der Waals surface area contributed by atoms with E-state index in [1.54, 1.807) is 41.8 Å². The van der Waals surface area contributed by atoms with Crippen LogP contribution in [0.1, 0.15) is 34.1 Å². The highest BCUT2D eigenvalue weighted by Crippen LogP contribution is 2.26. The molecule has 1 saturated heterocycles. The molecule has 0 radical (unpaired) electrons. The lowest BCUT2D eigenvalue weighted by Crippen LogP contribution is -2.44. The Labute approximate surface area is 147 Å². The van der Waals surface area contributed by atoms with Crippen LogP contribution in [0.4, 0.5) is 9.18 Å². The third-order valence-corrected chi connectivity index (χ3v) is 3.33. The molecule has 1 aliphatic rings. The second-order valence-electron chi connectivity index (χ2n) is 7.07. The van der Waals surface area contributed by atoms with Gasteiger partial charge < -0.3 is 14.4 Å². The van der Waals surface area contributed by atoms with Gasteiger partial charge in [-0.3, -0.25) is 9.69 Å². The van der Waals surface area contributed by atoms with Gasteiger partial charge >= 0.3 is 12.1 Å². The molecule has 1 amide bonds.